The summed E-state index contributed by atoms with van der Waals surface area (Å²) < 4.78 is 6.99. The second-order valence-electron chi connectivity index (χ2n) is 6.03. The Kier molecular flexibility index (Phi) is 4.66. The molecule has 1 aliphatic rings. The molecule has 0 bridgehead atoms. The van der Waals surface area contributed by atoms with Crippen LogP contribution in [0.15, 0.2) is 24.3 Å². The van der Waals surface area contributed by atoms with Crippen LogP contribution in [0, 0.1) is 6.92 Å². The SMILES string of the molecule is COc1c(CNC(=O)N[C@H]2C[C@@H]2c2cccc(Cl)c2)c(C)nn1C. The largest absolute Gasteiger partial charge is 0.481 e. The molecule has 6 nitrogen and oxygen atoms in total. The van der Waals surface area contributed by atoms with Gasteiger partial charge in [-0.3, -0.25) is 0 Å². The minimum absolute atomic E-state index is 0.153. The highest BCUT2D eigenvalue weighted by molar-refractivity contribution is 6.30. The first-order valence-electron chi connectivity index (χ1n) is 7.86. The number of aromatic nitrogens is 2. The van der Waals surface area contributed by atoms with Crippen molar-refractivity contribution < 1.29 is 9.53 Å². The Morgan fingerprint density at radius 2 is 2.29 bits per heavy atom. The van der Waals surface area contributed by atoms with E-state index in [1.165, 1.54) is 0 Å². The molecule has 1 aromatic carbocycles. The molecule has 1 heterocycles. The fraction of sp³-hybridized carbons (Fsp3) is 0.412. The molecule has 0 aliphatic heterocycles. The number of methoxy groups -OCH3 is 1. The Hall–Kier alpha value is -2.21. The van der Waals surface area contributed by atoms with Crippen LogP contribution in [0.5, 0.6) is 5.88 Å². The summed E-state index contributed by atoms with van der Waals surface area (Å²) in [6, 6.07) is 7.75. The van der Waals surface area contributed by atoms with E-state index >= 15 is 0 Å². The van der Waals surface area contributed by atoms with E-state index in [2.05, 4.69) is 15.7 Å². The lowest BCUT2D eigenvalue weighted by atomic mass is 10.1. The molecule has 2 N–H and O–H groups in total. The highest BCUT2D eigenvalue weighted by atomic mass is 35.5. The van der Waals surface area contributed by atoms with Gasteiger partial charge in [0, 0.05) is 24.0 Å². The molecule has 1 aliphatic carbocycles. The Bertz CT molecular complexity index is 759. The van der Waals surface area contributed by atoms with E-state index in [-0.39, 0.29) is 12.1 Å². The second-order valence-corrected chi connectivity index (χ2v) is 6.46. The first-order valence-corrected chi connectivity index (χ1v) is 8.23. The molecule has 1 saturated carbocycles. The predicted octanol–water partition coefficient (Wildman–Crippen LogP) is 2.75. The molecule has 1 fully saturated rings. The third kappa shape index (κ3) is 3.48. The first kappa shape index (κ1) is 16.6. The van der Waals surface area contributed by atoms with Gasteiger partial charge in [-0.1, -0.05) is 23.7 Å². The molecule has 7 heteroatoms. The topological polar surface area (TPSA) is 68.2 Å². The number of urea groups is 1. The normalized spacial score (nSPS) is 19.0. The number of rotatable bonds is 5. The summed E-state index contributed by atoms with van der Waals surface area (Å²) in [5.74, 6) is 1.00. The number of carbonyl (C=O) groups excluding carboxylic acids is 1. The Labute approximate surface area is 146 Å². The number of amides is 2. The zero-order chi connectivity index (χ0) is 17.3. The fourth-order valence-corrected chi connectivity index (χ4v) is 3.19. The highest BCUT2D eigenvalue weighted by Gasteiger charge is 2.39. The van der Waals surface area contributed by atoms with Crippen molar-refractivity contribution >= 4 is 17.6 Å². The van der Waals surface area contributed by atoms with Gasteiger partial charge in [-0.05, 0) is 31.0 Å². The summed E-state index contributed by atoms with van der Waals surface area (Å²) in [7, 11) is 3.41. The number of hydrogen-bond acceptors (Lipinski definition) is 3. The van der Waals surface area contributed by atoms with Crippen molar-refractivity contribution in [3.8, 4) is 5.88 Å². The molecular weight excluding hydrogens is 328 g/mol. The van der Waals surface area contributed by atoms with Gasteiger partial charge in [-0.15, -0.1) is 0 Å². The van der Waals surface area contributed by atoms with Crippen molar-refractivity contribution in [2.75, 3.05) is 7.11 Å². The van der Waals surface area contributed by atoms with Gasteiger partial charge < -0.3 is 15.4 Å². The molecular formula is C17H21ClN4O2. The van der Waals surface area contributed by atoms with Crippen LogP contribution >= 0.6 is 11.6 Å². The van der Waals surface area contributed by atoms with E-state index in [0.717, 1.165) is 28.3 Å². The van der Waals surface area contributed by atoms with Crippen LogP contribution in [-0.2, 0) is 13.6 Å². The second kappa shape index (κ2) is 6.73. The van der Waals surface area contributed by atoms with Gasteiger partial charge in [0.25, 0.3) is 0 Å². The number of aryl methyl sites for hydroxylation is 2. The van der Waals surface area contributed by atoms with Crippen LogP contribution in [0.2, 0.25) is 5.02 Å². The minimum Gasteiger partial charge on any atom is -0.481 e. The standard InChI is InChI=1S/C17H21ClN4O2/c1-10-14(16(24-3)22(2)21-10)9-19-17(23)20-15-8-13(15)11-5-4-6-12(18)7-11/h4-7,13,15H,8-9H2,1-3H3,(H2,19,20,23)/t13-,15+/m1/s1. The molecule has 2 amide bonds. The first-order chi connectivity index (χ1) is 11.5. The monoisotopic (exact) mass is 348 g/mol. The third-order valence-electron chi connectivity index (χ3n) is 4.29. The lowest BCUT2D eigenvalue weighted by molar-refractivity contribution is 0.239. The van der Waals surface area contributed by atoms with Crippen molar-refractivity contribution in [2.24, 2.45) is 7.05 Å². The van der Waals surface area contributed by atoms with Crippen molar-refractivity contribution in [1.29, 1.82) is 0 Å². The summed E-state index contributed by atoms with van der Waals surface area (Å²) in [6.07, 6.45) is 0.934. The fourth-order valence-electron chi connectivity index (χ4n) is 2.99. The molecule has 1 aromatic heterocycles. The van der Waals surface area contributed by atoms with E-state index in [1.54, 1.807) is 11.8 Å². The van der Waals surface area contributed by atoms with Crippen molar-refractivity contribution in [1.82, 2.24) is 20.4 Å². The van der Waals surface area contributed by atoms with Gasteiger partial charge >= 0.3 is 6.03 Å². The number of hydrogen-bond donors (Lipinski definition) is 2. The van der Waals surface area contributed by atoms with Crippen LogP contribution in [0.25, 0.3) is 0 Å². The maximum atomic E-state index is 12.1. The Morgan fingerprint density at radius 3 is 3.00 bits per heavy atom. The van der Waals surface area contributed by atoms with E-state index in [0.29, 0.717) is 18.3 Å². The molecule has 128 valence electrons. The van der Waals surface area contributed by atoms with E-state index in [4.69, 9.17) is 16.3 Å². The van der Waals surface area contributed by atoms with Crippen molar-refractivity contribution in [3.63, 3.8) is 0 Å². The van der Waals surface area contributed by atoms with Crippen LogP contribution in [0.4, 0.5) is 4.79 Å². The predicted molar refractivity (Wildman–Crippen MR) is 92.5 cm³/mol. The average Bonchev–Trinajstić information content (AvgIpc) is 3.23. The molecule has 2 aromatic rings. The van der Waals surface area contributed by atoms with Gasteiger partial charge in [0.05, 0.1) is 24.9 Å². The number of nitrogens with zero attached hydrogens (tertiary/aromatic N) is 2. The Balaban J connectivity index is 1.53. The van der Waals surface area contributed by atoms with Gasteiger partial charge in [0.15, 0.2) is 0 Å². The van der Waals surface area contributed by atoms with Crippen LogP contribution < -0.4 is 15.4 Å². The molecule has 3 rings (SSSR count). The number of carbonyl (C=O) groups is 1. The zero-order valence-corrected chi connectivity index (χ0v) is 14.7. The van der Waals surface area contributed by atoms with Gasteiger partial charge in [0.1, 0.15) is 0 Å². The van der Waals surface area contributed by atoms with E-state index in [9.17, 15) is 4.79 Å². The molecule has 24 heavy (non-hydrogen) atoms. The maximum Gasteiger partial charge on any atom is 0.315 e. The number of benzene rings is 1. The number of ether oxygens (including phenoxy) is 1. The van der Waals surface area contributed by atoms with Gasteiger partial charge in [0.2, 0.25) is 5.88 Å². The highest BCUT2D eigenvalue weighted by Crippen LogP contribution is 2.41. The summed E-state index contributed by atoms with van der Waals surface area (Å²) in [6.45, 7) is 2.27. The smallest absolute Gasteiger partial charge is 0.315 e. The summed E-state index contributed by atoms with van der Waals surface area (Å²) in [5, 5.41) is 10.9. The maximum absolute atomic E-state index is 12.1. The summed E-state index contributed by atoms with van der Waals surface area (Å²) in [4.78, 5) is 12.1. The van der Waals surface area contributed by atoms with Crippen LogP contribution in [0.3, 0.4) is 0 Å². The molecule has 0 radical (unpaired) electrons. The molecule has 0 saturated heterocycles. The number of halogens is 1. The quantitative estimate of drug-likeness (QED) is 0.873. The Morgan fingerprint density at radius 1 is 1.50 bits per heavy atom. The zero-order valence-electron chi connectivity index (χ0n) is 14.0. The van der Waals surface area contributed by atoms with Crippen LogP contribution in [-0.4, -0.2) is 29.0 Å². The van der Waals surface area contributed by atoms with E-state index in [1.807, 2.05) is 38.2 Å². The van der Waals surface area contributed by atoms with Gasteiger partial charge in [-0.25, -0.2) is 9.48 Å². The van der Waals surface area contributed by atoms with Crippen LogP contribution in [0.1, 0.15) is 29.2 Å². The lowest BCUT2D eigenvalue weighted by Crippen LogP contribution is -2.37. The molecule has 0 unspecified atom stereocenters. The summed E-state index contributed by atoms with van der Waals surface area (Å²) in [5.41, 5.74) is 2.90. The summed E-state index contributed by atoms with van der Waals surface area (Å²) >= 11 is 6.01. The lowest BCUT2D eigenvalue weighted by Gasteiger charge is -2.09. The third-order valence-corrected chi connectivity index (χ3v) is 4.53. The van der Waals surface area contributed by atoms with Crippen molar-refractivity contribution in [2.45, 2.75) is 31.8 Å². The molecule has 2 atom stereocenters. The number of nitrogens with one attached hydrogen (secondary N) is 2. The minimum atomic E-state index is -0.185. The average molecular weight is 349 g/mol. The van der Waals surface area contributed by atoms with Crippen molar-refractivity contribution in [3.05, 3.63) is 46.1 Å². The van der Waals surface area contributed by atoms with E-state index < -0.39 is 0 Å². The molecule has 0 spiro atoms. The van der Waals surface area contributed by atoms with Gasteiger partial charge in [-0.2, -0.15) is 5.10 Å².